The molecule has 4 nitrogen and oxygen atoms in total. The summed E-state index contributed by atoms with van der Waals surface area (Å²) in [4.78, 5) is 12.6. The fraction of sp³-hybridized carbons (Fsp3) is 0.125. The number of carbonyl (C=O) groups excluding carboxylic acids is 1. The van der Waals surface area contributed by atoms with Crippen molar-refractivity contribution in [2.45, 2.75) is 11.3 Å². The van der Waals surface area contributed by atoms with Crippen molar-refractivity contribution in [1.29, 1.82) is 5.26 Å². The molecular formula is C16H14N2O2S. The Morgan fingerprint density at radius 2 is 1.90 bits per heavy atom. The monoisotopic (exact) mass is 298 g/mol. The van der Waals surface area contributed by atoms with Gasteiger partial charge in [0.15, 0.2) is 0 Å². The average molecular weight is 298 g/mol. The topological polar surface area (TPSA) is 73.1 Å². The zero-order valence-electron chi connectivity index (χ0n) is 11.2. The van der Waals surface area contributed by atoms with Crippen LogP contribution in [0, 0.1) is 11.3 Å². The van der Waals surface area contributed by atoms with E-state index >= 15 is 0 Å². The molecule has 0 saturated carbocycles. The van der Waals surface area contributed by atoms with Gasteiger partial charge >= 0.3 is 0 Å². The molecule has 0 aliphatic heterocycles. The van der Waals surface area contributed by atoms with E-state index in [-0.39, 0.29) is 11.7 Å². The number of thioether (sulfide) groups is 1. The first-order valence-corrected chi connectivity index (χ1v) is 7.38. The maximum Gasteiger partial charge on any atom is 0.225 e. The Balaban J connectivity index is 1.80. The van der Waals surface area contributed by atoms with Gasteiger partial charge in [0.25, 0.3) is 0 Å². The van der Waals surface area contributed by atoms with Gasteiger partial charge < -0.3 is 10.4 Å². The number of para-hydroxylation sites is 1. The maximum absolute atomic E-state index is 11.8. The Labute approximate surface area is 127 Å². The molecule has 0 fully saturated rings. The molecule has 1 amide bonds. The summed E-state index contributed by atoms with van der Waals surface area (Å²) in [6, 6.07) is 15.8. The highest BCUT2D eigenvalue weighted by Crippen LogP contribution is 2.28. The molecule has 106 valence electrons. The second-order valence-corrected chi connectivity index (χ2v) is 5.44. The van der Waals surface area contributed by atoms with E-state index in [1.54, 1.807) is 36.4 Å². The number of carbonyl (C=O) groups is 1. The van der Waals surface area contributed by atoms with E-state index in [4.69, 9.17) is 5.26 Å². The number of hydrogen-bond acceptors (Lipinski definition) is 4. The summed E-state index contributed by atoms with van der Waals surface area (Å²) in [5, 5.41) is 21.1. The molecule has 21 heavy (non-hydrogen) atoms. The highest BCUT2D eigenvalue weighted by Gasteiger charge is 2.05. The molecule has 2 N–H and O–H groups in total. The van der Waals surface area contributed by atoms with Crippen molar-refractivity contribution in [1.82, 2.24) is 0 Å². The molecule has 2 aromatic rings. The number of nitrogens with one attached hydrogen (secondary N) is 1. The second-order valence-electron chi connectivity index (χ2n) is 4.30. The smallest absolute Gasteiger partial charge is 0.225 e. The van der Waals surface area contributed by atoms with Gasteiger partial charge in [-0.15, -0.1) is 11.8 Å². The summed E-state index contributed by atoms with van der Waals surface area (Å²) >= 11 is 1.44. The Hall–Kier alpha value is -2.45. The van der Waals surface area contributed by atoms with Crippen molar-refractivity contribution >= 4 is 23.4 Å². The molecule has 0 saturated heterocycles. The van der Waals surface area contributed by atoms with Gasteiger partial charge in [-0.3, -0.25) is 4.79 Å². The van der Waals surface area contributed by atoms with Crippen molar-refractivity contribution < 1.29 is 9.90 Å². The molecule has 2 rings (SSSR count). The number of rotatable bonds is 5. The highest BCUT2D eigenvalue weighted by atomic mass is 32.2. The molecule has 0 atom stereocenters. The molecule has 5 heteroatoms. The van der Waals surface area contributed by atoms with Crippen molar-refractivity contribution in [2.75, 3.05) is 11.1 Å². The van der Waals surface area contributed by atoms with Crippen LogP contribution in [0.4, 0.5) is 5.69 Å². The van der Waals surface area contributed by atoms with Crippen LogP contribution in [-0.4, -0.2) is 16.8 Å². The van der Waals surface area contributed by atoms with E-state index in [0.717, 1.165) is 4.90 Å². The fourth-order valence-electron chi connectivity index (χ4n) is 1.68. The lowest BCUT2D eigenvalue weighted by Crippen LogP contribution is -2.12. The Morgan fingerprint density at radius 3 is 2.57 bits per heavy atom. The summed E-state index contributed by atoms with van der Waals surface area (Å²) in [7, 11) is 0. The van der Waals surface area contributed by atoms with Crippen molar-refractivity contribution in [3.63, 3.8) is 0 Å². The number of aromatic hydroxyl groups is 1. The third-order valence-electron chi connectivity index (χ3n) is 2.75. The first-order valence-electron chi connectivity index (χ1n) is 6.40. The second kappa shape index (κ2) is 7.36. The van der Waals surface area contributed by atoms with Gasteiger partial charge in [0.1, 0.15) is 5.75 Å². The standard InChI is InChI=1S/C16H14N2O2S/c17-11-12-5-7-13(8-6-12)18-16(20)9-10-21-15-4-2-1-3-14(15)19/h1-8,19H,9-10H2,(H,18,20). The fourth-order valence-corrected chi connectivity index (χ4v) is 2.58. The third kappa shape index (κ3) is 4.55. The quantitative estimate of drug-likeness (QED) is 0.830. The van der Waals surface area contributed by atoms with Crippen LogP contribution in [0.25, 0.3) is 0 Å². The van der Waals surface area contributed by atoms with E-state index < -0.39 is 0 Å². The first-order chi connectivity index (χ1) is 10.2. The SMILES string of the molecule is N#Cc1ccc(NC(=O)CCSc2ccccc2O)cc1. The molecule has 0 spiro atoms. The summed E-state index contributed by atoms with van der Waals surface area (Å²) in [6.07, 6.45) is 0.346. The van der Waals surface area contributed by atoms with Crippen LogP contribution in [-0.2, 0) is 4.79 Å². The molecular weight excluding hydrogens is 284 g/mol. The van der Waals surface area contributed by atoms with Gasteiger partial charge in [-0.2, -0.15) is 5.26 Å². The number of phenols is 1. The van der Waals surface area contributed by atoms with Crippen LogP contribution < -0.4 is 5.32 Å². The zero-order chi connectivity index (χ0) is 15.1. The number of amides is 1. The maximum atomic E-state index is 11.8. The van der Waals surface area contributed by atoms with Crippen LogP contribution in [0.2, 0.25) is 0 Å². The lowest BCUT2D eigenvalue weighted by Gasteiger charge is -2.06. The summed E-state index contributed by atoms with van der Waals surface area (Å²) in [6.45, 7) is 0. The number of hydrogen-bond donors (Lipinski definition) is 2. The van der Waals surface area contributed by atoms with E-state index in [0.29, 0.717) is 23.4 Å². The summed E-state index contributed by atoms with van der Waals surface area (Å²) in [5.41, 5.74) is 1.23. The van der Waals surface area contributed by atoms with Crippen LogP contribution >= 0.6 is 11.8 Å². The normalized spacial score (nSPS) is 9.86. The minimum Gasteiger partial charge on any atom is -0.507 e. The van der Waals surface area contributed by atoms with Crippen LogP contribution in [0.1, 0.15) is 12.0 Å². The Kier molecular flexibility index (Phi) is 5.24. The average Bonchev–Trinajstić information content (AvgIpc) is 2.50. The molecule has 2 aromatic carbocycles. The lowest BCUT2D eigenvalue weighted by molar-refractivity contribution is -0.115. The first kappa shape index (κ1) is 14.9. The van der Waals surface area contributed by atoms with Crippen LogP contribution in [0.3, 0.4) is 0 Å². The molecule has 0 aromatic heterocycles. The van der Waals surface area contributed by atoms with E-state index in [9.17, 15) is 9.90 Å². The van der Waals surface area contributed by atoms with Crippen molar-refractivity contribution in [3.05, 3.63) is 54.1 Å². The minimum absolute atomic E-state index is 0.0948. The largest absolute Gasteiger partial charge is 0.507 e. The summed E-state index contributed by atoms with van der Waals surface area (Å²) in [5.74, 6) is 0.720. The van der Waals surface area contributed by atoms with Crippen molar-refractivity contribution in [2.24, 2.45) is 0 Å². The number of phenolic OH excluding ortho intramolecular Hbond substituents is 1. The highest BCUT2D eigenvalue weighted by molar-refractivity contribution is 7.99. The van der Waals surface area contributed by atoms with Crippen LogP contribution in [0.15, 0.2) is 53.4 Å². The van der Waals surface area contributed by atoms with E-state index in [1.165, 1.54) is 11.8 Å². The molecule has 0 heterocycles. The van der Waals surface area contributed by atoms with Crippen molar-refractivity contribution in [3.8, 4) is 11.8 Å². The zero-order valence-corrected chi connectivity index (χ0v) is 12.1. The predicted octanol–water partition coefficient (Wildman–Crippen LogP) is 3.38. The Morgan fingerprint density at radius 1 is 1.19 bits per heavy atom. The molecule has 0 aliphatic carbocycles. The summed E-state index contributed by atoms with van der Waals surface area (Å²) < 4.78 is 0. The molecule has 0 bridgehead atoms. The van der Waals surface area contributed by atoms with Crippen LogP contribution in [0.5, 0.6) is 5.75 Å². The molecule has 0 radical (unpaired) electrons. The van der Waals surface area contributed by atoms with E-state index in [2.05, 4.69) is 5.32 Å². The van der Waals surface area contributed by atoms with Gasteiger partial charge in [-0.25, -0.2) is 0 Å². The number of anilines is 1. The van der Waals surface area contributed by atoms with Gasteiger partial charge in [0, 0.05) is 22.8 Å². The van der Waals surface area contributed by atoms with Gasteiger partial charge in [-0.1, -0.05) is 12.1 Å². The number of benzene rings is 2. The number of nitriles is 1. The minimum atomic E-state index is -0.0948. The predicted molar refractivity (Wildman–Crippen MR) is 83.2 cm³/mol. The van der Waals surface area contributed by atoms with Gasteiger partial charge in [0.2, 0.25) is 5.91 Å². The van der Waals surface area contributed by atoms with Gasteiger partial charge in [-0.05, 0) is 36.4 Å². The third-order valence-corrected chi connectivity index (χ3v) is 3.81. The van der Waals surface area contributed by atoms with Gasteiger partial charge in [0.05, 0.1) is 11.6 Å². The molecule has 0 unspecified atom stereocenters. The lowest BCUT2D eigenvalue weighted by atomic mass is 10.2. The number of nitrogens with zero attached hydrogens (tertiary/aromatic N) is 1. The Bertz CT molecular complexity index is 663. The van der Waals surface area contributed by atoms with E-state index in [1.807, 2.05) is 18.2 Å². The molecule has 0 aliphatic rings.